The molecule has 0 spiro atoms. The largest absolute Gasteiger partial charge is 0.317 e. The highest BCUT2D eigenvalue weighted by atomic mass is 14.9. The molecule has 0 amide bonds. The molecule has 0 saturated carbocycles. The quantitative estimate of drug-likeness (QED) is 0.647. The van der Waals surface area contributed by atoms with Crippen LogP contribution in [-0.4, -0.2) is 13.1 Å². The molecule has 1 N–H and O–H groups in total. The number of nitrogens with one attached hydrogen (secondary N) is 1. The van der Waals surface area contributed by atoms with Crippen LogP contribution in [0.1, 0.15) is 40.5 Å². The van der Waals surface area contributed by atoms with Crippen LogP contribution in [0.2, 0.25) is 0 Å². The molecule has 0 aromatic rings. The summed E-state index contributed by atoms with van der Waals surface area (Å²) >= 11 is 0. The third-order valence-corrected chi connectivity index (χ3v) is 2.78. The van der Waals surface area contributed by atoms with Gasteiger partial charge in [0, 0.05) is 6.04 Å². The van der Waals surface area contributed by atoms with Crippen LogP contribution in [0.5, 0.6) is 0 Å². The van der Waals surface area contributed by atoms with Crippen LogP contribution < -0.4 is 5.32 Å². The van der Waals surface area contributed by atoms with Crippen LogP contribution >= 0.6 is 0 Å². The maximum atomic E-state index is 3.29. The van der Waals surface area contributed by atoms with Gasteiger partial charge < -0.3 is 5.32 Å². The molecule has 0 fully saturated rings. The predicted octanol–water partition coefficient (Wildman–Crippen LogP) is 2.67. The van der Waals surface area contributed by atoms with E-state index in [0.29, 0.717) is 6.04 Å². The summed E-state index contributed by atoms with van der Waals surface area (Å²) in [7, 11) is 2.04. The Morgan fingerprint density at radius 3 is 2.09 bits per heavy atom. The third-order valence-electron chi connectivity index (χ3n) is 2.78. The molecule has 0 saturated heterocycles. The Hall–Kier alpha value is -0.0400. The van der Waals surface area contributed by atoms with Gasteiger partial charge in [-0.25, -0.2) is 0 Å². The van der Waals surface area contributed by atoms with Crippen molar-refractivity contribution in [2.45, 2.75) is 46.6 Å². The standard InChI is InChI=1S/C10H23N/c1-6-8(2)7-9(3)10(4)11-5/h8-11H,6-7H2,1-5H3. The number of hydrogen-bond acceptors (Lipinski definition) is 1. The van der Waals surface area contributed by atoms with E-state index in [0.717, 1.165) is 11.8 Å². The minimum atomic E-state index is 0.656. The van der Waals surface area contributed by atoms with E-state index < -0.39 is 0 Å². The Balaban J connectivity index is 3.58. The Morgan fingerprint density at radius 2 is 1.73 bits per heavy atom. The Labute approximate surface area is 71.6 Å². The fraction of sp³-hybridized carbons (Fsp3) is 1.00. The van der Waals surface area contributed by atoms with Gasteiger partial charge in [-0.2, -0.15) is 0 Å². The molecule has 0 aromatic heterocycles. The molecule has 0 aromatic carbocycles. The van der Waals surface area contributed by atoms with Gasteiger partial charge in [-0.3, -0.25) is 0 Å². The zero-order valence-corrected chi connectivity index (χ0v) is 8.65. The second kappa shape index (κ2) is 5.59. The molecule has 0 aliphatic heterocycles. The van der Waals surface area contributed by atoms with Crippen molar-refractivity contribution < 1.29 is 0 Å². The fourth-order valence-electron chi connectivity index (χ4n) is 1.29. The van der Waals surface area contributed by atoms with Crippen molar-refractivity contribution in [2.24, 2.45) is 11.8 Å². The van der Waals surface area contributed by atoms with Crippen LogP contribution in [0.25, 0.3) is 0 Å². The molecule has 0 bridgehead atoms. The predicted molar refractivity (Wildman–Crippen MR) is 51.8 cm³/mol. The molecule has 11 heavy (non-hydrogen) atoms. The van der Waals surface area contributed by atoms with Gasteiger partial charge in [0.1, 0.15) is 0 Å². The van der Waals surface area contributed by atoms with Crippen LogP contribution in [0.15, 0.2) is 0 Å². The van der Waals surface area contributed by atoms with Crippen molar-refractivity contribution in [3.05, 3.63) is 0 Å². The van der Waals surface area contributed by atoms with Crippen LogP contribution in [0.4, 0.5) is 0 Å². The number of hydrogen-bond donors (Lipinski definition) is 1. The van der Waals surface area contributed by atoms with Gasteiger partial charge in [-0.15, -0.1) is 0 Å². The summed E-state index contributed by atoms with van der Waals surface area (Å²) in [6.45, 7) is 9.18. The Kier molecular flexibility index (Phi) is 5.57. The second-order valence-corrected chi connectivity index (χ2v) is 3.80. The lowest BCUT2D eigenvalue weighted by molar-refractivity contribution is 0.337. The maximum absolute atomic E-state index is 3.29. The van der Waals surface area contributed by atoms with Gasteiger partial charge in [0.05, 0.1) is 0 Å². The third kappa shape index (κ3) is 4.41. The van der Waals surface area contributed by atoms with Crippen LogP contribution in [-0.2, 0) is 0 Å². The van der Waals surface area contributed by atoms with Gasteiger partial charge >= 0.3 is 0 Å². The average Bonchev–Trinajstić information content (AvgIpc) is 2.02. The molecule has 3 unspecified atom stereocenters. The summed E-state index contributed by atoms with van der Waals surface area (Å²) in [5, 5.41) is 3.29. The molecule has 1 nitrogen and oxygen atoms in total. The summed E-state index contributed by atoms with van der Waals surface area (Å²) in [6, 6.07) is 0.656. The molecule has 68 valence electrons. The highest BCUT2D eigenvalue weighted by molar-refractivity contribution is 4.68. The Morgan fingerprint density at radius 1 is 1.18 bits per heavy atom. The lowest BCUT2D eigenvalue weighted by Crippen LogP contribution is -2.29. The minimum Gasteiger partial charge on any atom is -0.317 e. The highest BCUT2D eigenvalue weighted by Crippen LogP contribution is 2.17. The zero-order valence-electron chi connectivity index (χ0n) is 8.65. The van der Waals surface area contributed by atoms with Gasteiger partial charge in [-0.05, 0) is 32.2 Å². The first kappa shape index (κ1) is 11.0. The van der Waals surface area contributed by atoms with Gasteiger partial charge in [0.2, 0.25) is 0 Å². The average molecular weight is 157 g/mol. The molecule has 0 aliphatic carbocycles. The smallest absolute Gasteiger partial charge is 0.00614 e. The van der Waals surface area contributed by atoms with Gasteiger partial charge in [-0.1, -0.05) is 27.2 Å². The van der Waals surface area contributed by atoms with Crippen LogP contribution in [0.3, 0.4) is 0 Å². The lowest BCUT2D eigenvalue weighted by atomic mass is 9.91. The van der Waals surface area contributed by atoms with Crippen molar-refractivity contribution in [2.75, 3.05) is 7.05 Å². The fourth-order valence-corrected chi connectivity index (χ4v) is 1.29. The highest BCUT2D eigenvalue weighted by Gasteiger charge is 2.12. The van der Waals surface area contributed by atoms with Crippen molar-refractivity contribution >= 4 is 0 Å². The van der Waals surface area contributed by atoms with E-state index >= 15 is 0 Å². The van der Waals surface area contributed by atoms with Crippen molar-refractivity contribution in [1.29, 1.82) is 0 Å². The number of rotatable bonds is 5. The Bertz CT molecular complexity index is 90.9. The van der Waals surface area contributed by atoms with E-state index in [-0.39, 0.29) is 0 Å². The molecule has 0 radical (unpaired) electrons. The zero-order chi connectivity index (χ0) is 8.85. The van der Waals surface area contributed by atoms with E-state index in [1.165, 1.54) is 12.8 Å². The topological polar surface area (TPSA) is 12.0 Å². The first-order valence-corrected chi connectivity index (χ1v) is 4.79. The van der Waals surface area contributed by atoms with E-state index in [4.69, 9.17) is 0 Å². The molecule has 0 aliphatic rings. The van der Waals surface area contributed by atoms with Gasteiger partial charge in [0.25, 0.3) is 0 Å². The summed E-state index contributed by atoms with van der Waals surface area (Å²) in [5.74, 6) is 1.68. The molecule has 0 rings (SSSR count). The summed E-state index contributed by atoms with van der Waals surface area (Å²) in [6.07, 6.45) is 2.65. The van der Waals surface area contributed by atoms with Gasteiger partial charge in [0.15, 0.2) is 0 Å². The lowest BCUT2D eigenvalue weighted by Gasteiger charge is -2.21. The summed E-state index contributed by atoms with van der Waals surface area (Å²) in [5.41, 5.74) is 0. The molecular weight excluding hydrogens is 134 g/mol. The normalized spacial score (nSPS) is 19.4. The molecule has 1 heteroatoms. The SMILES string of the molecule is CCC(C)CC(C)C(C)NC. The minimum absolute atomic E-state index is 0.656. The monoisotopic (exact) mass is 157 g/mol. The summed E-state index contributed by atoms with van der Waals surface area (Å²) in [4.78, 5) is 0. The van der Waals surface area contributed by atoms with E-state index in [1.807, 2.05) is 7.05 Å². The van der Waals surface area contributed by atoms with Crippen LogP contribution in [0, 0.1) is 11.8 Å². The summed E-state index contributed by atoms with van der Waals surface area (Å²) < 4.78 is 0. The van der Waals surface area contributed by atoms with Crippen molar-refractivity contribution in [1.82, 2.24) is 5.32 Å². The molecule has 3 atom stereocenters. The van der Waals surface area contributed by atoms with E-state index in [2.05, 4.69) is 33.0 Å². The first-order chi connectivity index (χ1) is 5.11. The first-order valence-electron chi connectivity index (χ1n) is 4.79. The second-order valence-electron chi connectivity index (χ2n) is 3.80. The van der Waals surface area contributed by atoms with Crippen molar-refractivity contribution in [3.63, 3.8) is 0 Å². The molecular formula is C10H23N. The van der Waals surface area contributed by atoms with Crippen molar-refractivity contribution in [3.8, 4) is 0 Å². The van der Waals surface area contributed by atoms with E-state index in [1.54, 1.807) is 0 Å². The molecule has 0 heterocycles. The maximum Gasteiger partial charge on any atom is 0.00614 e. The van der Waals surface area contributed by atoms with E-state index in [9.17, 15) is 0 Å².